The zero-order chi connectivity index (χ0) is 24.9. The highest BCUT2D eigenvalue weighted by Gasteiger charge is 2.36. The maximum absolute atomic E-state index is 13.7. The fourth-order valence-corrected chi connectivity index (χ4v) is 4.93. The van der Waals surface area contributed by atoms with Gasteiger partial charge in [-0.25, -0.2) is 8.78 Å². The molecule has 2 aromatic carbocycles. The molecular formula is C28H38F2N2O2. The Labute approximate surface area is 202 Å². The number of rotatable bonds is 8. The summed E-state index contributed by atoms with van der Waals surface area (Å²) in [7, 11) is 0. The zero-order valence-electron chi connectivity index (χ0n) is 20.8. The molecule has 0 spiro atoms. The number of nitrogens with two attached hydrogens (primary N) is 1. The summed E-state index contributed by atoms with van der Waals surface area (Å²) in [4.78, 5) is 11.8. The minimum absolute atomic E-state index is 0.0364. The normalized spacial score (nSPS) is 17.7. The molecule has 1 aliphatic rings. The molecular weight excluding hydrogens is 434 g/mol. The maximum atomic E-state index is 13.7. The Bertz CT molecular complexity index is 960. The van der Waals surface area contributed by atoms with Gasteiger partial charge in [-0.2, -0.15) is 0 Å². The van der Waals surface area contributed by atoms with Crippen LogP contribution in [-0.2, 0) is 26.9 Å². The van der Waals surface area contributed by atoms with Gasteiger partial charge < -0.3 is 15.8 Å². The number of carbonyl (C=O) groups excluding carboxylic acids is 1. The smallest absolute Gasteiger partial charge is 0.303 e. The second-order valence-corrected chi connectivity index (χ2v) is 10.6. The van der Waals surface area contributed by atoms with E-state index in [4.69, 9.17) is 10.5 Å². The third kappa shape index (κ3) is 6.86. The molecule has 1 aliphatic carbocycles. The van der Waals surface area contributed by atoms with Crippen LogP contribution in [0.2, 0.25) is 0 Å². The van der Waals surface area contributed by atoms with E-state index in [0.717, 1.165) is 31.7 Å². The van der Waals surface area contributed by atoms with Crippen molar-refractivity contribution in [2.45, 2.75) is 89.3 Å². The first-order chi connectivity index (χ1) is 16.0. The second kappa shape index (κ2) is 11.0. The lowest BCUT2D eigenvalue weighted by Gasteiger charge is -2.41. The lowest BCUT2D eigenvalue weighted by Crippen LogP contribution is -2.52. The standard InChI is InChI=1S/C28H38F2N2O2/c1-19(33)34-26(25(31)15-20-13-23(29)17-24(30)14-20)18-32-28(11-6-5-7-12-28)22-10-8-9-21(16-22)27(2,3)4/h8-10,13-14,16-17,25-26,32H,5-7,11-12,15,18,31H2,1-4H3/t25-,26+/m0/s1. The molecule has 3 N–H and O–H groups in total. The SMILES string of the molecule is CC(=O)O[C@H](CNC1(c2cccc(C(C)(C)C)c2)CCCCC1)[C@@H](N)Cc1cc(F)cc(F)c1. The number of halogens is 2. The van der Waals surface area contributed by atoms with E-state index in [0.29, 0.717) is 12.1 Å². The lowest BCUT2D eigenvalue weighted by molar-refractivity contribution is -0.147. The van der Waals surface area contributed by atoms with E-state index in [-0.39, 0.29) is 17.4 Å². The van der Waals surface area contributed by atoms with Crippen LogP contribution in [0.1, 0.15) is 76.5 Å². The van der Waals surface area contributed by atoms with Crippen molar-refractivity contribution in [1.82, 2.24) is 5.32 Å². The Morgan fingerprint density at radius 2 is 1.74 bits per heavy atom. The molecule has 3 rings (SSSR count). The van der Waals surface area contributed by atoms with Crippen molar-refractivity contribution in [3.8, 4) is 0 Å². The van der Waals surface area contributed by atoms with Crippen LogP contribution in [0.4, 0.5) is 8.78 Å². The molecule has 0 saturated heterocycles. The molecule has 2 atom stereocenters. The van der Waals surface area contributed by atoms with Gasteiger partial charge in [0, 0.05) is 31.1 Å². The number of benzene rings is 2. The fourth-order valence-electron chi connectivity index (χ4n) is 4.93. The Kier molecular flexibility index (Phi) is 8.47. The van der Waals surface area contributed by atoms with Crippen molar-refractivity contribution in [2.75, 3.05) is 6.54 Å². The summed E-state index contributed by atoms with van der Waals surface area (Å²) in [5.74, 6) is -1.73. The average molecular weight is 473 g/mol. The maximum Gasteiger partial charge on any atom is 0.303 e. The monoisotopic (exact) mass is 472 g/mol. The summed E-state index contributed by atoms with van der Waals surface area (Å²) in [6.07, 6.45) is 4.95. The van der Waals surface area contributed by atoms with Gasteiger partial charge in [0.2, 0.25) is 0 Å². The molecule has 0 amide bonds. The highest BCUT2D eigenvalue weighted by Crippen LogP contribution is 2.38. The Hall–Kier alpha value is -2.31. The number of nitrogens with one attached hydrogen (secondary N) is 1. The molecule has 0 radical (unpaired) electrons. The molecule has 2 aromatic rings. The fraction of sp³-hybridized carbons (Fsp3) is 0.536. The van der Waals surface area contributed by atoms with Crippen LogP contribution in [0.5, 0.6) is 0 Å². The lowest BCUT2D eigenvalue weighted by atomic mass is 9.74. The summed E-state index contributed by atoms with van der Waals surface area (Å²) in [5, 5.41) is 3.72. The first-order valence-corrected chi connectivity index (χ1v) is 12.2. The van der Waals surface area contributed by atoms with Gasteiger partial charge in [0.05, 0.1) is 0 Å². The number of hydrogen-bond donors (Lipinski definition) is 2. The molecule has 1 fully saturated rings. The molecule has 34 heavy (non-hydrogen) atoms. The van der Waals surface area contributed by atoms with Gasteiger partial charge in [0.15, 0.2) is 0 Å². The van der Waals surface area contributed by atoms with Gasteiger partial charge in [-0.3, -0.25) is 4.79 Å². The van der Waals surface area contributed by atoms with Crippen LogP contribution in [0.25, 0.3) is 0 Å². The average Bonchev–Trinajstić information content (AvgIpc) is 2.76. The van der Waals surface area contributed by atoms with Crippen molar-refractivity contribution in [1.29, 1.82) is 0 Å². The van der Waals surface area contributed by atoms with Crippen molar-refractivity contribution in [2.24, 2.45) is 5.73 Å². The summed E-state index contributed by atoms with van der Waals surface area (Å²) in [6.45, 7) is 8.33. The van der Waals surface area contributed by atoms with E-state index in [1.54, 1.807) is 0 Å². The van der Waals surface area contributed by atoms with Crippen LogP contribution in [-0.4, -0.2) is 24.7 Å². The van der Waals surface area contributed by atoms with Gasteiger partial charge in [-0.15, -0.1) is 0 Å². The van der Waals surface area contributed by atoms with Gasteiger partial charge in [-0.05, 0) is 53.5 Å². The molecule has 0 aliphatic heterocycles. The molecule has 0 heterocycles. The van der Waals surface area contributed by atoms with Crippen LogP contribution in [0.15, 0.2) is 42.5 Å². The third-order valence-corrected chi connectivity index (χ3v) is 6.82. The van der Waals surface area contributed by atoms with Crippen LogP contribution in [0.3, 0.4) is 0 Å². The number of esters is 1. The number of carbonyl (C=O) groups is 1. The molecule has 1 saturated carbocycles. The molecule has 0 unspecified atom stereocenters. The molecule has 6 heteroatoms. The van der Waals surface area contributed by atoms with Gasteiger partial charge >= 0.3 is 5.97 Å². The van der Waals surface area contributed by atoms with Gasteiger partial charge in [-0.1, -0.05) is 64.3 Å². The highest BCUT2D eigenvalue weighted by atomic mass is 19.1. The van der Waals surface area contributed by atoms with Crippen LogP contribution < -0.4 is 11.1 Å². The molecule has 0 bridgehead atoms. The topological polar surface area (TPSA) is 64.3 Å². The number of ether oxygens (including phenoxy) is 1. The minimum atomic E-state index is -0.649. The summed E-state index contributed by atoms with van der Waals surface area (Å²) in [6, 6.07) is 11.5. The molecule has 186 valence electrons. The Morgan fingerprint density at radius 1 is 1.09 bits per heavy atom. The van der Waals surface area contributed by atoms with E-state index in [2.05, 4.69) is 50.4 Å². The quantitative estimate of drug-likeness (QED) is 0.497. The van der Waals surface area contributed by atoms with Crippen molar-refractivity contribution >= 4 is 5.97 Å². The number of hydrogen-bond acceptors (Lipinski definition) is 4. The van der Waals surface area contributed by atoms with E-state index >= 15 is 0 Å². The Morgan fingerprint density at radius 3 is 2.32 bits per heavy atom. The minimum Gasteiger partial charge on any atom is -0.460 e. The predicted molar refractivity (Wildman–Crippen MR) is 131 cm³/mol. The van der Waals surface area contributed by atoms with E-state index in [9.17, 15) is 13.6 Å². The summed E-state index contributed by atoms with van der Waals surface area (Å²) >= 11 is 0. The van der Waals surface area contributed by atoms with E-state index < -0.39 is 29.7 Å². The third-order valence-electron chi connectivity index (χ3n) is 6.82. The summed E-state index contributed by atoms with van der Waals surface area (Å²) < 4.78 is 32.9. The van der Waals surface area contributed by atoms with E-state index in [1.165, 1.54) is 36.6 Å². The van der Waals surface area contributed by atoms with Crippen molar-refractivity contribution in [3.05, 3.63) is 70.8 Å². The van der Waals surface area contributed by atoms with E-state index in [1.807, 2.05) is 0 Å². The first kappa shape index (κ1) is 26.3. The largest absolute Gasteiger partial charge is 0.460 e. The van der Waals surface area contributed by atoms with Crippen molar-refractivity contribution < 1.29 is 18.3 Å². The molecule has 0 aromatic heterocycles. The second-order valence-electron chi connectivity index (χ2n) is 10.6. The van der Waals surface area contributed by atoms with Gasteiger partial charge in [0.25, 0.3) is 0 Å². The Balaban J connectivity index is 1.82. The first-order valence-electron chi connectivity index (χ1n) is 12.2. The molecule has 4 nitrogen and oxygen atoms in total. The van der Waals surface area contributed by atoms with Crippen LogP contribution in [0, 0.1) is 11.6 Å². The summed E-state index contributed by atoms with van der Waals surface area (Å²) in [5.41, 5.74) is 9.17. The van der Waals surface area contributed by atoms with Crippen molar-refractivity contribution in [3.63, 3.8) is 0 Å². The zero-order valence-corrected chi connectivity index (χ0v) is 20.8. The van der Waals surface area contributed by atoms with Crippen LogP contribution >= 0.6 is 0 Å². The predicted octanol–water partition coefficient (Wildman–Crippen LogP) is 5.51. The van der Waals surface area contributed by atoms with Gasteiger partial charge in [0.1, 0.15) is 17.7 Å². The highest BCUT2D eigenvalue weighted by molar-refractivity contribution is 5.66.